The molecule has 0 amide bonds. The normalized spacial score (nSPS) is 11.4. The Kier molecular flexibility index (Phi) is 3.02. The van der Waals surface area contributed by atoms with Crippen LogP contribution < -0.4 is 0 Å². The lowest BCUT2D eigenvalue weighted by molar-refractivity contribution is 0.641. The largest absolute Gasteiger partial charge is 0.0843 e. The Labute approximate surface area is 102 Å². The van der Waals surface area contributed by atoms with Gasteiger partial charge in [-0.25, -0.2) is 0 Å². The van der Waals surface area contributed by atoms with Crippen molar-refractivity contribution >= 4 is 11.6 Å². The van der Waals surface area contributed by atoms with Crippen molar-refractivity contribution in [2.75, 3.05) is 0 Å². The lowest BCUT2D eigenvalue weighted by atomic mass is 9.78. The fourth-order valence-electron chi connectivity index (χ4n) is 1.89. The van der Waals surface area contributed by atoms with E-state index in [0.717, 1.165) is 5.02 Å². The van der Waals surface area contributed by atoms with Crippen molar-refractivity contribution < 1.29 is 0 Å². The molecule has 0 heterocycles. The molecule has 0 atom stereocenters. The van der Waals surface area contributed by atoms with Crippen molar-refractivity contribution in [3.05, 3.63) is 70.7 Å². The third-order valence-electron chi connectivity index (χ3n) is 3.06. The second-order valence-corrected chi connectivity index (χ2v) is 4.93. The number of benzene rings is 2. The first kappa shape index (κ1) is 11.2. The second-order valence-electron chi connectivity index (χ2n) is 4.50. The van der Waals surface area contributed by atoms with Crippen molar-refractivity contribution in [2.24, 2.45) is 0 Å². The first-order valence-electron chi connectivity index (χ1n) is 5.42. The van der Waals surface area contributed by atoms with Gasteiger partial charge in [-0.15, -0.1) is 0 Å². The van der Waals surface area contributed by atoms with Gasteiger partial charge in [-0.3, -0.25) is 0 Å². The summed E-state index contributed by atoms with van der Waals surface area (Å²) in [5.41, 5.74) is 2.62. The quantitative estimate of drug-likeness (QED) is 0.704. The standard InChI is InChI=1S/C15H15Cl/c1-15(2,12-6-4-3-5-7-12)13-8-10-14(16)11-9-13/h3-11H,1-2H3. The molecule has 2 aromatic carbocycles. The molecule has 0 unspecified atom stereocenters. The molecule has 0 aliphatic heterocycles. The average molecular weight is 231 g/mol. The third-order valence-corrected chi connectivity index (χ3v) is 3.31. The highest BCUT2D eigenvalue weighted by Gasteiger charge is 2.22. The van der Waals surface area contributed by atoms with Gasteiger partial charge in [-0.1, -0.05) is 67.9 Å². The van der Waals surface area contributed by atoms with Crippen molar-refractivity contribution in [2.45, 2.75) is 19.3 Å². The predicted octanol–water partition coefficient (Wildman–Crippen LogP) is 4.67. The molecule has 82 valence electrons. The van der Waals surface area contributed by atoms with E-state index in [1.807, 2.05) is 18.2 Å². The van der Waals surface area contributed by atoms with Crippen molar-refractivity contribution in [1.29, 1.82) is 0 Å². The Balaban J connectivity index is 2.43. The molecule has 0 saturated heterocycles. The molecule has 0 radical (unpaired) electrons. The topological polar surface area (TPSA) is 0 Å². The minimum absolute atomic E-state index is 0.0197. The maximum absolute atomic E-state index is 5.91. The Morgan fingerprint density at radius 3 is 1.81 bits per heavy atom. The molecule has 0 N–H and O–H groups in total. The van der Waals surface area contributed by atoms with Crippen molar-refractivity contribution in [3.63, 3.8) is 0 Å². The number of rotatable bonds is 2. The Morgan fingerprint density at radius 1 is 0.750 bits per heavy atom. The van der Waals surface area contributed by atoms with E-state index in [1.54, 1.807) is 0 Å². The molecule has 0 aliphatic rings. The molecule has 0 nitrogen and oxygen atoms in total. The molecule has 0 aliphatic carbocycles. The summed E-state index contributed by atoms with van der Waals surface area (Å²) in [6, 6.07) is 18.6. The lowest BCUT2D eigenvalue weighted by Gasteiger charge is -2.26. The van der Waals surface area contributed by atoms with Crippen LogP contribution in [0.5, 0.6) is 0 Å². The van der Waals surface area contributed by atoms with E-state index in [2.05, 4.69) is 50.2 Å². The number of hydrogen-bond donors (Lipinski definition) is 0. The number of halogens is 1. The van der Waals surface area contributed by atoms with Crippen LogP contribution in [0, 0.1) is 0 Å². The Hall–Kier alpha value is -1.27. The van der Waals surface area contributed by atoms with E-state index in [-0.39, 0.29) is 5.41 Å². The Bertz CT molecular complexity index is 455. The minimum Gasteiger partial charge on any atom is -0.0843 e. The van der Waals surface area contributed by atoms with Gasteiger partial charge < -0.3 is 0 Å². The summed E-state index contributed by atoms with van der Waals surface area (Å²) < 4.78 is 0. The summed E-state index contributed by atoms with van der Waals surface area (Å²) in [5.74, 6) is 0. The van der Waals surface area contributed by atoms with Crippen LogP contribution in [0.3, 0.4) is 0 Å². The van der Waals surface area contributed by atoms with Gasteiger partial charge in [0.05, 0.1) is 0 Å². The van der Waals surface area contributed by atoms with E-state index >= 15 is 0 Å². The summed E-state index contributed by atoms with van der Waals surface area (Å²) in [4.78, 5) is 0. The summed E-state index contributed by atoms with van der Waals surface area (Å²) >= 11 is 5.91. The van der Waals surface area contributed by atoms with Gasteiger partial charge in [0.2, 0.25) is 0 Å². The zero-order valence-corrected chi connectivity index (χ0v) is 10.3. The van der Waals surface area contributed by atoms with Gasteiger partial charge in [0.25, 0.3) is 0 Å². The zero-order chi connectivity index (χ0) is 11.6. The molecule has 2 rings (SSSR count). The SMILES string of the molecule is CC(C)(c1ccccc1)c1ccc(Cl)cc1. The van der Waals surface area contributed by atoms with Crippen molar-refractivity contribution in [3.8, 4) is 0 Å². The van der Waals surface area contributed by atoms with E-state index in [9.17, 15) is 0 Å². The van der Waals surface area contributed by atoms with Crippen LogP contribution in [0.15, 0.2) is 54.6 Å². The molecule has 0 aromatic heterocycles. The second kappa shape index (κ2) is 4.31. The van der Waals surface area contributed by atoms with Gasteiger partial charge in [-0.2, -0.15) is 0 Å². The fourth-order valence-corrected chi connectivity index (χ4v) is 2.01. The fraction of sp³-hybridized carbons (Fsp3) is 0.200. The van der Waals surface area contributed by atoms with E-state index in [0.29, 0.717) is 0 Å². The smallest absolute Gasteiger partial charge is 0.0406 e. The van der Waals surface area contributed by atoms with Crippen LogP contribution in [0.1, 0.15) is 25.0 Å². The summed E-state index contributed by atoms with van der Waals surface area (Å²) in [5, 5.41) is 0.785. The van der Waals surface area contributed by atoms with Crippen LogP contribution >= 0.6 is 11.6 Å². The minimum atomic E-state index is 0.0197. The highest BCUT2D eigenvalue weighted by molar-refractivity contribution is 6.30. The Morgan fingerprint density at radius 2 is 1.25 bits per heavy atom. The summed E-state index contributed by atoms with van der Waals surface area (Å²) in [6.45, 7) is 4.46. The molecule has 0 saturated carbocycles. The van der Waals surface area contributed by atoms with E-state index in [4.69, 9.17) is 11.6 Å². The average Bonchev–Trinajstić information content (AvgIpc) is 2.31. The molecule has 1 heteroatoms. The first-order chi connectivity index (χ1) is 7.60. The van der Waals surface area contributed by atoms with Gasteiger partial charge in [0.1, 0.15) is 0 Å². The van der Waals surface area contributed by atoms with Crippen LogP contribution in [0.2, 0.25) is 5.02 Å². The third kappa shape index (κ3) is 2.12. The summed E-state index contributed by atoms with van der Waals surface area (Å²) in [6.07, 6.45) is 0. The molecule has 0 fully saturated rings. The summed E-state index contributed by atoms with van der Waals surface area (Å²) in [7, 11) is 0. The number of hydrogen-bond acceptors (Lipinski definition) is 0. The first-order valence-corrected chi connectivity index (χ1v) is 5.80. The maximum atomic E-state index is 5.91. The molecule has 2 aromatic rings. The van der Waals surface area contributed by atoms with Crippen LogP contribution in [-0.2, 0) is 5.41 Å². The van der Waals surface area contributed by atoms with Crippen LogP contribution in [0.25, 0.3) is 0 Å². The highest BCUT2D eigenvalue weighted by Crippen LogP contribution is 2.31. The van der Waals surface area contributed by atoms with Gasteiger partial charge in [-0.05, 0) is 23.3 Å². The highest BCUT2D eigenvalue weighted by atomic mass is 35.5. The van der Waals surface area contributed by atoms with Gasteiger partial charge in [0, 0.05) is 10.4 Å². The zero-order valence-electron chi connectivity index (χ0n) is 9.57. The maximum Gasteiger partial charge on any atom is 0.0406 e. The van der Waals surface area contributed by atoms with Crippen LogP contribution in [-0.4, -0.2) is 0 Å². The molecular weight excluding hydrogens is 216 g/mol. The van der Waals surface area contributed by atoms with E-state index in [1.165, 1.54) is 11.1 Å². The van der Waals surface area contributed by atoms with Crippen LogP contribution in [0.4, 0.5) is 0 Å². The molecule has 0 spiro atoms. The molecule has 0 bridgehead atoms. The molecular formula is C15H15Cl. The van der Waals surface area contributed by atoms with Crippen molar-refractivity contribution in [1.82, 2.24) is 0 Å². The molecule has 16 heavy (non-hydrogen) atoms. The lowest BCUT2D eigenvalue weighted by Crippen LogP contribution is -2.18. The predicted molar refractivity (Wildman–Crippen MR) is 70.0 cm³/mol. The van der Waals surface area contributed by atoms with Gasteiger partial charge >= 0.3 is 0 Å². The van der Waals surface area contributed by atoms with Gasteiger partial charge in [0.15, 0.2) is 0 Å². The monoisotopic (exact) mass is 230 g/mol. The van der Waals surface area contributed by atoms with E-state index < -0.39 is 0 Å².